The van der Waals surface area contributed by atoms with E-state index in [1.54, 1.807) is 13.0 Å². The molecule has 0 bridgehead atoms. The van der Waals surface area contributed by atoms with E-state index in [0.29, 0.717) is 5.69 Å². The minimum absolute atomic E-state index is 0.403. The fourth-order valence-electron chi connectivity index (χ4n) is 1.29. The molecule has 17 heavy (non-hydrogen) atoms. The highest BCUT2D eigenvalue weighted by Crippen LogP contribution is 2.17. The number of carboxylic acid groups (broad SMARTS) is 1. The molecule has 0 radical (unpaired) electrons. The zero-order valence-corrected chi connectivity index (χ0v) is 10.5. The van der Waals surface area contributed by atoms with Crippen molar-refractivity contribution in [3.05, 3.63) is 29.3 Å². The van der Waals surface area contributed by atoms with Crippen LogP contribution in [0.15, 0.2) is 18.2 Å². The lowest BCUT2D eigenvalue weighted by Crippen LogP contribution is -2.19. The monoisotopic (exact) mass is 257 g/mol. The summed E-state index contributed by atoms with van der Waals surface area (Å²) in [6.45, 7) is 3.64. The number of hydrogen-bond donors (Lipinski definition) is 2. The van der Waals surface area contributed by atoms with Gasteiger partial charge < -0.3 is 5.11 Å². The molecular weight excluding hydrogens is 242 g/mol. The van der Waals surface area contributed by atoms with Gasteiger partial charge in [0.25, 0.3) is 0 Å². The topological polar surface area (TPSA) is 83.5 Å². The maximum atomic E-state index is 11.6. The molecular formula is C11H15NO4S. The number of aliphatic carboxylic acids is 1. The second kappa shape index (κ2) is 5.18. The van der Waals surface area contributed by atoms with Crippen LogP contribution < -0.4 is 4.72 Å². The van der Waals surface area contributed by atoms with E-state index in [4.69, 9.17) is 5.11 Å². The van der Waals surface area contributed by atoms with E-state index in [1.165, 1.54) is 0 Å². The first kappa shape index (κ1) is 13.5. The normalized spacial score (nSPS) is 11.2. The molecule has 6 heteroatoms. The second-order valence-electron chi connectivity index (χ2n) is 3.88. The summed E-state index contributed by atoms with van der Waals surface area (Å²) >= 11 is 0. The van der Waals surface area contributed by atoms with Crippen LogP contribution in [0.1, 0.15) is 17.5 Å². The number of sulfonamides is 1. The van der Waals surface area contributed by atoms with Gasteiger partial charge in [-0.25, -0.2) is 8.42 Å². The maximum Gasteiger partial charge on any atom is 0.304 e. The summed E-state index contributed by atoms with van der Waals surface area (Å²) in [6.07, 6.45) is -0.403. The SMILES string of the molecule is Cc1ccc(C)c(NS(=O)(=O)CCC(=O)O)c1. The largest absolute Gasteiger partial charge is 0.481 e. The Balaban J connectivity index is 2.83. The van der Waals surface area contributed by atoms with Crippen molar-refractivity contribution in [2.75, 3.05) is 10.5 Å². The quantitative estimate of drug-likeness (QED) is 0.837. The van der Waals surface area contributed by atoms with Crippen LogP contribution in [0.25, 0.3) is 0 Å². The third-order valence-corrected chi connectivity index (χ3v) is 3.52. The van der Waals surface area contributed by atoms with E-state index in [1.807, 2.05) is 19.1 Å². The first-order valence-electron chi connectivity index (χ1n) is 5.10. The zero-order valence-electron chi connectivity index (χ0n) is 9.73. The molecule has 0 aliphatic rings. The van der Waals surface area contributed by atoms with Crippen LogP contribution in [0.4, 0.5) is 5.69 Å². The average Bonchev–Trinajstić information content (AvgIpc) is 2.20. The van der Waals surface area contributed by atoms with E-state index in [0.717, 1.165) is 11.1 Å². The van der Waals surface area contributed by atoms with Gasteiger partial charge in [0.15, 0.2) is 0 Å². The minimum atomic E-state index is -3.60. The molecule has 1 rings (SSSR count). The van der Waals surface area contributed by atoms with Crippen molar-refractivity contribution < 1.29 is 18.3 Å². The van der Waals surface area contributed by atoms with Crippen LogP contribution >= 0.6 is 0 Å². The highest BCUT2D eigenvalue weighted by Gasteiger charge is 2.13. The van der Waals surface area contributed by atoms with Crippen molar-refractivity contribution in [2.45, 2.75) is 20.3 Å². The number of hydrogen-bond acceptors (Lipinski definition) is 3. The van der Waals surface area contributed by atoms with Gasteiger partial charge >= 0.3 is 5.97 Å². The number of aryl methyl sites for hydroxylation is 2. The molecule has 1 aromatic rings. The summed E-state index contributed by atoms with van der Waals surface area (Å²) in [7, 11) is -3.60. The Morgan fingerprint density at radius 1 is 1.35 bits per heavy atom. The number of rotatable bonds is 5. The van der Waals surface area contributed by atoms with Gasteiger partial charge in [-0.1, -0.05) is 12.1 Å². The lowest BCUT2D eigenvalue weighted by Gasteiger charge is -2.10. The first-order chi connectivity index (χ1) is 7.80. The second-order valence-corrected chi connectivity index (χ2v) is 5.72. The summed E-state index contributed by atoms with van der Waals surface area (Å²) < 4.78 is 25.6. The summed E-state index contributed by atoms with van der Waals surface area (Å²) in [6, 6.07) is 5.41. The molecule has 0 unspecified atom stereocenters. The predicted octanol–water partition coefficient (Wildman–Crippen LogP) is 1.52. The van der Waals surface area contributed by atoms with Crippen LogP contribution in [-0.4, -0.2) is 25.2 Å². The van der Waals surface area contributed by atoms with E-state index in [2.05, 4.69) is 4.72 Å². The van der Waals surface area contributed by atoms with Gasteiger partial charge in [0.2, 0.25) is 10.0 Å². The number of anilines is 1. The molecule has 0 aliphatic carbocycles. The van der Waals surface area contributed by atoms with Crippen LogP contribution in [0, 0.1) is 13.8 Å². The average molecular weight is 257 g/mol. The zero-order chi connectivity index (χ0) is 13.1. The number of benzene rings is 1. The lowest BCUT2D eigenvalue weighted by molar-refractivity contribution is -0.136. The van der Waals surface area contributed by atoms with Crippen molar-refractivity contribution >= 4 is 21.7 Å². The predicted molar refractivity (Wildman–Crippen MR) is 65.6 cm³/mol. The Labute approximate surface area is 101 Å². The van der Waals surface area contributed by atoms with Crippen molar-refractivity contribution in [3.8, 4) is 0 Å². The summed E-state index contributed by atoms with van der Waals surface area (Å²) in [5.41, 5.74) is 2.23. The lowest BCUT2D eigenvalue weighted by atomic mass is 10.1. The van der Waals surface area contributed by atoms with Gasteiger partial charge in [0.05, 0.1) is 17.9 Å². The molecule has 0 aliphatic heterocycles. The molecule has 0 saturated carbocycles. The fourth-order valence-corrected chi connectivity index (χ4v) is 2.39. The van der Waals surface area contributed by atoms with Crippen LogP contribution in [-0.2, 0) is 14.8 Å². The smallest absolute Gasteiger partial charge is 0.304 e. The molecule has 0 fully saturated rings. The standard InChI is InChI=1S/C11H15NO4S/c1-8-3-4-9(2)10(7-8)12-17(15,16)6-5-11(13)14/h3-4,7,12H,5-6H2,1-2H3,(H,13,14). The molecule has 0 heterocycles. The summed E-state index contributed by atoms with van der Waals surface area (Å²) in [5.74, 6) is -1.55. The summed E-state index contributed by atoms with van der Waals surface area (Å²) in [5, 5.41) is 8.45. The van der Waals surface area contributed by atoms with E-state index in [-0.39, 0.29) is 0 Å². The molecule has 0 saturated heterocycles. The Morgan fingerprint density at radius 2 is 2.00 bits per heavy atom. The van der Waals surface area contributed by atoms with E-state index < -0.39 is 28.2 Å². The number of nitrogens with one attached hydrogen (secondary N) is 1. The third kappa shape index (κ3) is 4.44. The van der Waals surface area contributed by atoms with Crippen molar-refractivity contribution in [3.63, 3.8) is 0 Å². The highest BCUT2D eigenvalue weighted by atomic mass is 32.2. The Bertz CT molecular complexity index is 522. The van der Waals surface area contributed by atoms with Gasteiger partial charge in [0.1, 0.15) is 0 Å². The molecule has 1 aromatic carbocycles. The molecule has 94 valence electrons. The highest BCUT2D eigenvalue weighted by molar-refractivity contribution is 7.92. The molecule has 5 nitrogen and oxygen atoms in total. The number of carbonyl (C=O) groups is 1. The minimum Gasteiger partial charge on any atom is -0.481 e. The molecule has 0 atom stereocenters. The van der Waals surface area contributed by atoms with Crippen molar-refractivity contribution in [2.24, 2.45) is 0 Å². The van der Waals surface area contributed by atoms with Gasteiger partial charge in [-0.15, -0.1) is 0 Å². The number of carboxylic acids is 1. The van der Waals surface area contributed by atoms with Crippen LogP contribution in [0.3, 0.4) is 0 Å². The summed E-state index contributed by atoms with van der Waals surface area (Å²) in [4.78, 5) is 10.3. The van der Waals surface area contributed by atoms with Crippen molar-refractivity contribution in [1.82, 2.24) is 0 Å². The van der Waals surface area contributed by atoms with Gasteiger partial charge in [0, 0.05) is 0 Å². The van der Waals surface area contributed by atoms with Gasteiger partial charge in [-0.2, -0.15) is 0 Å². The fraction of sp³-hybridized carbons (Fsp3) is 0.364. The first-order valence-corrected chi connectivity index (χ1v) is 6.75. The third-order valence-electron chi connectivity index (χ3n) is 2.24. The van der Waals surface area contributed by atoms with Crippen LogP contribution in [0.2, 0.25) is 0 Å². The molecule has 0 spiro atoms. The van der Waals surface area contributed by atoms with Gasteiger partial charge in [-0.3, -0.25) is 9.52 Å². The maximum absolute atomic E-state index is 11.6. The van der Waals surface area contributed by atoms with Crippen LogP contribution in [0.5, 0.6) is 0 Å². The Morgan fingerprint density at radius 3 is 2.59 bits per heavy atom. The molecule has 0 aromatic heterocycles. The molecule has 0 amide bonds. The Hall–Kier alpha value is -1.56. The van der Waals surface area contributed by atoms with Gasteiger partial charge in [-0.05, 0) is 31.0 Å². The molecule has 2 N–H and O–H groups in total. The van der Waals surface area contributed by atoms with E-state index in [9.17, 15) is 13.2 Å². The van der Waals surface area contributed by atoms with Crippen molar-refractivity contribution in [1.29, 1.82) is 0 Å². The van der Waals surface area contributed by atoms with E-state index >= 15 is 0 Å². The Kier molecular flexibility index (Phi) is 4.11.